The van der Waals surface area contributed by atoms with Crippen LogP contribution in [0.25, 0.3) is 0 Å². The van der Waals surface area contributed by atoms with Gasteiger partial charge in [0.25, 0.3) is 0 Å². The summed E-state index contributed by atoms with van der Waals surface area (Å²) < 4.78 is 0. The summed E-state index contributed by atoms with van der Waals surface area (Å²) in [4.78, 5) is 15.0. The zero-order chi connectivity index (χ0) is 15.5. The van der Waals surface area contributed by atoms with Crippen LogP contribution in [-0.4, -0.2) is 46.2 Å². The van der Waals surface area contributed by atoms with Crippen LogP contribution < -0.4 is 4.90 Å². The number of piperazine rings is 1. The summed E-state index contributed by atoms with van der Waals surface area (Å²) in [5.74, 6) is 0.514. The number of aromatic amines is 1. The highest BCUT2D eigenvalue weighted by Crippen LogP contribution is 2.25. The minimum Gasteiger partial charge on any atom is -0.349 e. The van der Waals surface area contributed by atoms with Crippen molar-refractivity contribution in [3.63, 3.8) is 0 Å². The van der Waals surface area contributed by atoms with Crippen LogP contribution in [-0.2, 0) is 6.54 Å². The van der Waals surface area contributed by atoms with Crippen molar-refractivity contribution in [3.05, 3.63) is 51.7 Å². The van der Waals surface area contributed by atoms with Crippen LogP contribution in [0, 0.1) is 17.0 Å². The Balaban J connectivity index is 1.62. The minimum absolute atomic E-state index is 0.0485. The molecule has 22 heavy (non-hydrogen) atoms. The molecule has 0 unspecified atom stereocenters. The SMILES string of the molecule is Cc1ccccc1CN1CCN(c2[nH]ncc2[N+](=O)[O-])CC1. The summed E-state index contributed by atoms with van der Waals surface area (Å²) in [6.07, 6.45) is 1.27. The molecule has 0 aliphatic carbocycles. The van der Waals surface area contributed by atoms with Crippen molar-refractivity contribution in [1.82, 2.24) is 15.1 Å². The van der Waals surface area contributed by atoms with E-state index in [0.717, 1.165) is 32.7 Å². The van der Waals surface area contributed by atoms with Crippen LogP contribution >= 0.6 is 0 Å². The average Bonchev–Trinajstić information content (AvgIpc) is 3.00. The van der Waals surface area contributed by atoms with Gasteiger partial charge in [-0.05, 0) is 18.1 Å². The zero-order valence-corrected chi connectivity index (χ0v) is 12.5. The lowest BCUT2D eigenvalue weighted by Crippen LogP contribution is -2.46. The molecule has 0 amide bonds. The van der Waals surface area contributed by atoms with Crippen molar-refractivity contribution in [3.8, 4) is 0 Å². The fourth-order valence-electron chi connectivity index (χ4n) is 2.80. The number of hydrogen-bond acceptors (Lipinski definition) is 5. The molecule has 3 rings (SSSR count). The molecule has 1 N–H and O–H groups in total. The topological polar surface area (TPSA) is 78.3 Å². The average molecular weight is 301 g/mol. The van der Waals surface area contributed by atoms with Crippen LogP contribution in [0.1, 0.15) is 11.1 Å². The fourth-order valence-corrected chi connectivity index (χ4v) is 2.80. The van der Waals surface area contributed by atoms with Crippen LogP contribution in [0.5, 0.6) is 0 Å². The Morgan fingerprint density at radius 1 is 1.27 bits per heavy atom. The van der Waals surface area contributed by atoms with Crippen molar-refractivity contribution in [2.24, 2.45) is 0 Å². The standard InChI is InChI=1S/C15H19N5O2/c1-12-4-2-3-5-13(12)11-18-6-8-19(9-7-18)15-14(20(21)22)10-16-17-15/h2-5,10H,6-9,11H2,1H3,(H,16,17). The van der Waals surface area contributed by atoms with Gasteiger partial charge in [0.2, 0.25) is 5.82 Å². The molecule has 7 nitrogen and oxygen atoms in total. The largest absolute Gasteiger partial charge is 0.349 e. The first kappa shape index (κ1) is 14.5. The number of anilines is 1. The van der Waals surface area contributed by atoms with Gasteiger partial charge in [-0.3, -0.25) is 20.1 Å². The van der Waals surface area contributed by atoms with E-state index in [4.69, 9.17) is 0 Å². The summed E-state index contributed by atoms with van der Waals surface area (Å²) in [6, 6.07) is 8.39. The van der Waals surface area contributed by atoms with E-state index in [9.17, 15) is 10.1 Å². The van der Waals surface area contributed by atoms with Crippen molar-refractivity contribution < 1.29 is 4.92 Å². The van der Waals surface area contributed by atoms with Crippen LogP contribution in [0.15, 0.2) is 30.5 Å². The number of rotatable bonds is 4. The second-order valence-electron chi connectivity index (χ2n) is 5.55. The lowest BCUT2D eigenvalue weighted by molar-refractivity contribution is -0.384. The lowest BCUT2D eigenvalue weighted by atomic mass is 10.1. The van der Waals surface area contributed by atoms with E-state index < -0.39 is 4.92 Å². The highest BCUT2D eigenvalue weighted by Gasteiger charge is 2.25. The molecular formula is C15H19N5O2. The van der Waals surface area contributed by atoms with E-state index in [-0.39, 0.29) is 5.69 Å². The maximum absolute atomic E-state index is 11.0. The Labute approximate surface area is 128 Å². The van der Waals surface area contributed by atoms with Crippen molar-refractivity contribution >= 4 is 11.5 Å². The molecule has 1 aromatic carbocycles. The number of benzene rings is 1. The van der Waals surface area contributed by atoms with Gasteiger partial charge in [-0.2, -0.15) is 5.10 Å². The van der Waals surface area contributed by atoms with E-state index >= 15 is 0 Å². The van der Waals surface area contributed by atoms with Crippen molar-refractivity contribution in [1.29, 1.82) is 0 Å². The molecule has 2 heterocycles. The Bertz CT molecular complexity index is 661. The van der Waals surface area contributed by atoms with Crippen molar-refractivity contribution in [2.75, 3.05) is 31.1 Å². The normalized spacial score (nSPS) is 16.0. The third-order valence-corrected chi connectivity index (χ3v) is 4.14. The number of aryl methyl sites for hydroxylation is 1. The second kappa shape index (κ2) is 6.15. The number of nitro groups is 1. The Kier molecular flexibility index (Phi) is 4.06. The Hall–Kier alpha value is -2.41. The van der Waals surface area contributed by atoms with Crippen LogP contribution in [0.3, 0.4) is 0 Å². The monoisotopic (exact) mass is 301 g/mol. The van der Waals surface area contributed by atoms with Crippen LogP contribution in [0.4, 0.5) is 11.5 Å². The van der Waals surface area contributed by atoms with Gasteiger partial charge >= 0.3 is 5.69 Å². The molecule has 1 aliphatic rings. The first-order valence-corrected chi connectivity index (χ1v) is 7.34. The molecular weight excluding hydrogens is 282 g/mol. The summed E-state index contributed by atoms with van der Waals surface area (Å²) in [5.41, 5.74) is 2.69. The molecule has 1 fully saturated rings. The summed E-state index contributed by atoms with van der Waals surface area (Å²) >= 11 is 0. The molecule has 0 saturated carbocycles. The molecule has 1 saturated heterocycles. The predicted molar refractivity (Wildman–Crippen MR) is 83.9 cm³/mol. The maximum atomic E-state index is 11.0. The molecule has 2 aromatic rings. The summed E-state index contributed by atoms with van der Waals surface area (Å²) in [7, 11) is 0. The predicted octanol–water partition coefficient (Wildman–Crippen LogP) is 1.95. The third-order valence-electron chi connectivity index (χ3n) is 4.14. The number of H-pyrrole nitrogens is 1. The molecule has 0 bridgehead atoms. The minimum atomic E-state index is -0.390. The smallest absolute Gasteiger partial charge is 0.330 e. The highest BCUT2D eigenvalue weighted by molar-refractivity contribution is 5.56. The number of nitrogens with one attached hydrogen (secondary N) is 1. The highest BCUT2D eigenvalue weighted by atomic mass is 16.6. The molecule has 0 atom stereocenters. The first-order valence-electron chi connectivity index (χ1n) is 7.34. The van der Waals surface area contributed by atoms with Gasteiger partial charge in [0.1, 0.15) is 6.20 Å². The zero-order valence-electron chi connectivity index (χ0n) is 12.5. The fraction of sp³-hybridized carbons (Fsp3) is 0.400. The molecule has 116 valence electrons. The van der Waals surface area contributed by atoms with E-state index in [2.05, 4.69) is 40.2 Å². The maximum Gasteiger partial charge on any atom is 0.330 e. The molecule has 0 spiro atoms. The van der Waals surface area contributed by atoms with E-state index in [1.807, 2.05) is 11.0 Å². The Morgan fingerprint density at radius 3 is 2.68 bits per heavy atom. The molecule has 1 aliphatic heterocycles. The van der Waals surface area contributed by atoms with Gasteiger partial charge in [-0.15, -0.1) is 0 Å². The molecule has 7 heteroatoms. The van der Waals surface area contributed by atoms with E-state index in [0.29, 0.717) is 5.82 Å². The van der Waals surface area contributed by atoms with Crippen molar-refractivity contribution in [2.45, 2.75) is 13.5 Å². The van der Waals surface area contributed by atoms with E-state index in [1.165, 1.54) is 17.3 Å². The molecule has 0 radical (unpaired) electrons. The van der Waals surface area contributed by atoms with Gasteiger partial charge in [-0.25, -0.2) is 0 Å². The number of nitrogens with zero attached hydrogens (tertiary/aromatic N) is 4. The van der Waals surface area contributed by atoms with Crippen LogP contribution in [0.2, 0.25) is 0 Å². The second-order valence-corrected chi connectivity index (χ2v) is 5.55. The van der Waals surface area contributed by atoms with Gasteiger partial charge in [0.05, 0.1) is 4.92 Å². The summed E-state index contributed by atoms with van der Waals surface area (Å²) in [6.45, 7) is 6.32. The molecule has 1 aromatic heterocycles. The summed E-state index contributed by atoms with van der Waals surface area (Å²) in [5, 5.41) is 17.5. The quantitative estimate of drug-likeness (QED) is 0.690. The third kappa shape index (κ3) is 2.94. The van der Waals surface area contributed by atoms with E-state index in [1.54, 1.807) is 0 Å². The van der Waals surface area contributed by atoms with Gasteiger partial charge in [0, 0.05) is 32.7 Å². The first-order chi connectivity index (χ1) is 10.6. The van der Waals surface area contributed by atoms with Gasteiger partial charge < -0.3 is 4.90 Å². The van der Waals surface area contributed by atoms with Gasteiger partial charge in [0.15, 0.2) is 0 Å². The Morgan fingerprint density at radius 2 is 2.00 bits per heavy atom. The number of aromatic nitrogens is 2. The number of hydrogen-bond donors (Lipinski definition) is 1. The van der Waals surface area contributed by atoms with Gasteiger partial charge in [-0.1, -0.05) is 24.3 Å². The lowest BCUT2D eigenvalue weighted by Gasteiger charge is -2.34.